The Kier molecular flexibility index (Phi) is 2.67. The van der Waals surface area contributed by atoms with Gasteiger partial charge in [0.1, 0.15) is 6.10 Å². The molecule has 0 spiro atoms. The Morgan fingerprint density at radius 1 is 1.40 bits per heavy atom. The molecule has 0 radical (unpaired) electrons. The summed E-state index contributed by atoms with van der Waals surface area (Å²) in [5.41, 5.74) is 2.09. The number of carbonyl (C=O) groups is 1. The zero-order valence-corrected chi connectivity index (χ0v) is 12.7. The molecule has 1 aromatic rings. The number of carbonyl (C=O) groups excluding carboxylic acids is 1. The van der Waals surface area contributed by atoms with Crippen molar-refractivity contribution in [3.8, 4) is 0 Å². The highest BCUT2D eigenvalue weighted by atomic mass is 79.9. The first-order chi connectivity index (χ1) is 9.68. The van der Waals surface area contributed by atoms with Crippen LogP contribution in [-0.2, 0) is 9.63 Å². The van der Waals surface area contributed by atoms with E-state index in [1.165, 1.54) is 0 Å². The normalized spacial score (nSPS) is 37.6. The Balaban J connectivity index is 1.70. The third kappa shape index (κ3) is 1.53. The summed E-state index contributed by atoms with van der Waals surface area (Å²) < 4.78 is 0. The molecule has 2 fully saturated rings. The van der Waals surface area contributed by atoms with Gasteiger partial charge in [0.2, 0.25) is 5.91 Å². The number of likely N-dealkylation sites (tertiary alicyclic amines) is 1. The Morgan fingerprint density at radius 2 is 2.15 bits per heavy atom. The first-order valence-corrected chi connectivity index (χ1v) is 7.82. The number of rotatable bonds is 1. The van der Waals surface area contributed by atoms with Crippen LogP contribution in [0.3, 0.4) is 0 Å². The molecule has 2 aliphatic heterocycles. The van der Waals surface area contributed by atoms with Crippen molar-refractivity contribution < 1.29 is 9.63 Å². The number of piperidine rings is 1. The van der Waals surface area contributed by atoms with Crippen LogP contribution in [0.15, 0.2) is 35.5 Å². The van der Waals surface area contributed by atoms with Crippen molar-refractivity contribution in [2.45, 2.75) is 30.4 Å². The van der Waals surface area contributed by atoms with Crippen LogP contribution in [0, 0.1) is 11.8 Å². The largest absolute Gasteiger partial charge is 0.391 e. The molecular weight excluding hydrogens is 320 g/mol. The number of hydrogen-bond donors (Lipinski definition) is 0. The number of nitrogens with zero attached hydrogens (tertiary/aromatic N) is 2. The minimum atomic E-state index is 0.0802. The molecular formula is C15H15BrN2O2. The summed E-state index contributed by atoms with van der Waals surface area (Å²) in [7, 11) is 0. The number of alkyl halides is 1. The molecule has 1 saturated heterocycles. The maximum Gasteiger partial charge on any atom is 0.220 e. The summed E-state index contributed by atoms with van der Waals surface area (Å²) in [6.45, 7) is 1.64. The van der Waals surface area contributed by atoms with Gasteiger partial charge in [-0.25, -0.2) is 0 Å². The quantitative estimate of drug-likeness (QED) is 0.584. The van der Waals surface area contributed by atoms with Crippen molar-refractivity contribution in [1.82, 2.24) is 4.90 Å². The van der Waals surface area contributed by atoms with Gasteiger partial charge in [-0.2, -0.15) is 0 Å². The van der Waals surface area contributed by atoms with E-state index in [-0.39, 0.29) is 28.9 Å². The highest BCUT2D eigenvalue weighted by Crippen LogP contribution is 2.52. The average molecular weight is 335 g/mol. The van der Waals surface area contributed by atoms with Crippen LogP contribution >= 0.6 is 15.9 Å². The van der Waals surface area contributed by atoms with Crippen LogP contribution in [-0.4, -0.2) is 33.6 Å². The fourth-order valence-electron chi connectivity index (χ4n) is 3.91. The predicted octanol–water partition coefficient (Wildman–Crippen LogP) is 2.38. The second-order valence-electron chi connectivity index (χ2n) is 5.70. The summed E-state index contributed by atoms with van der Waals surface area (Å²) in [6.07, 6.45) is 1.10. The highest BCUT2D eigenvalue weighted by Gasteiger charge is 2.62. The van der Waals surface area contributed by atoms with E-state index in [2.05, 4.69) is 33.2 Å². The van der Waals surface area contributed by atoms with Crippen LogP contribution in [0.4, 0.5) is 0 Å². The molecule has 1 aromatic carbocycles. The number of fused-ring (bicyclic) bond motifs is 5. The van der Waals surface area contributed by atoms with Crippen molar-refractivity contribution in [1.29, 1.82) is 0 Å². The summed E-state index contributed by atoms with van der Waals surface area (Å²) in [5.74, 6) is 0.663. The van der Waals surface area contributed by atoms with E-state index < -0.39 is 0 Å². The van der Waals surface area contributed by atoms with Crippen LogP contribution in [0.1, 0.15) is 18.9 Å². The molecule has 4 rings (SSSR count). The molecule has 1 amide bonds. The predicted molar refractivity (Wildman–Crippen MR) is 78.5 cm³/mol. The number of oxime groups is 1. The molecule has 5 heteroatoms. The summed E-state index contributed by atoms with van der Waals surface area (Å²) >= 11 is 3.65. The van der Waals surface area contributed by atoms with Gasteiger partial charge in [-0.3, -0.25) is 4.79 Å². The molecule has 1 saturated carbocycles. The van der Waals surface area contributed by atoms with Gasteiger partial charge in [0.15, 0.2) is 0 Å². The zero-order valence-electron chi connectivity index (χ0n) is 11.1. The molecule has 1 aliphatic carbocycles. The zero-order chi connectivity index (χ0) is 13.9. The Hall–Kier alpha value is -1.36. The van der Waals surface area contributed by atoms with Crippen molar-refractivity contribution in [3.63, 3.8) is 0 Å². The molecule has 0 N–H and O–H groups in total. The lowest BCUT2D eigenvalue weighted by atomic mass is 9.87. The van der Waals surface area contributed by atoms with Crippen molar-refractivity contribution >= 4 is 27.5 Å². The Labute approximate surface area is 125 Å². The molecule has 2 heterocycles. The molecule has 104 valence electrons. The lowest BCUT2D eigenvalue weighted by molar-refractivity contribution is -0.133. The lowest BCUT2D eigenvalue weighted by Crippen LogP contribution is -2.51. The molecule has 5 atom stereocenters. The molecule has 0 unspecified atom stereocenters. The topological polar surface area (TPSA) is 41.9 Å². The summed E-state index contributed by atoms with van der Waals surface area (Å²) in [4.78, 5) is 19.6. The van der Waals surface area contributed by atoms with Gasteiger partial charge in [0.05, 0.1) is 16.6 Å². The van der Waals surface area contributed by atoms with E-state index in [0.717, 1.165) is 17.7 Å². The van der Waals surface area contributed by atoms with E-state index in [0.29, 0.717) is 5.92 Å². The Bertz CT molecular complexity index is 589. The molecule has 3 aliphatic rings. The minimum absolute atomic E-state index is 0.0802. The number of amides is 1. The van der Waals surface area contributed by atoms with E-state index in [9.17, 15) is 4.79 Å². The van der Waals surface area contributed by atoms with Crippen molar-refractivity contribution in [3.05, 3.63) is 35.9 Å². The van der Waals surface area contributed by atoms with Gasteiger partial charge in [-0.1, -0.05) is 51.4 Å². The van der Waals surface area contributed by atoms with E-state index >= 15 is 0 Å². The fourth-order valence-corrected chi connectivity index (χ4v) is 5.02. The van der Waals surface area contributed by atoms with Crippen molar-refractivity contribution in [2.75, 3.05) is 0 Å². The maximum atomic E-state index is 11.9. The van der Waals surface area contributed by atoms with Crippen LogP contribution < -0.4 is 0 Å². The highest BCUT2D eigenvalue weighted by molar-refractivity contribution is 9.09. The third-order valence-corrected chi connectivity index (χ3v) is 5.82. The molecule has 20 heavy (non-hydrogen) atoms. The smallest absolute Gasteiger partial charge is 0.220 e. The van der Waals surface area contributed by atoms with Gasteiger partial charge < -0.3 is 9.74 Å². The van der Waals surface area contributed by atoms with Gasteiger partial charge in [-0.15, -0.1) is 0 Å². The van der Waals surface area contributed by atoms with Gasteiger partial charge in [-0.05, 0) is 12.0 Å². The average Bonchev–Trinajstić information content (AvgIpc) is 3.08. The van der Waals surface area contributed by atoms with Crippen LogP contribution in [0.2, 0.25) is 0 Å². The van der Waals surface area contributed by atoms with E-state index in [1.54, 1.807) is 6.92 Å². The lowest BCUT2D eigenvalue weighted by Gasteiger charge is -2.37. The Morgan fingerprint density at radius 3 is 2.85 bits per heavy atom. The number of hydrogen-bond acceptors (Lipinski definition) is 3. The number of benzene rings is 1. The second kappa shape index (κ2) is 4.32. The number of halogens is 1. The van der Waals surface area contributed by atoms with Crippen molar-refractivity contribution in [2.24, 2.45) is 17.0 Å². The van der Waals surface area contributed by atoms with Crippen LogP contribution in [0.25, 0.3) is 0 Å². The minimum Gasteiger partial charge on any atom is -0.391 e. The van der Waals surface area contributed by atoms with E-state index in [4.69, 9.17) is 4.84 Å². The second-order valence-corrected chi connectivity index (χ2v) is 6.64. The monoisotopic (exact) mass is 334 g/mol. The van der Waals surface area contributed by atoms with Gasteiger partial charge >= 0.3 is 0 Å². The first kappa shape index (κ1) is 12.4. The van der Waals surface area contributed by atoms with Crippen LogP contribution in [0.5, 0.6) is 0 Å². The first-order valence-electron chi connectivity index (χ1n) is 6.90. The molecule has 0 aromatic heterocycles. The maximum absolute atomic E-state index is 11.9. The third-order valence-electron chi connectivity index (χ3n) is 4.70. The summed E-state index contributed by atoms with van der Waals surface area (Å²) in [5, 5.41) is 4.32. The van der Waals surface area contributed by atoms with Gasteiger partial charge in [0.25, 0.3) is 0 Å². The fraction of sp³-hybridized carbons (Fsp3) is 0.467. The summed E-state index contributed by atoms with van der Waals surface area (Å²) in [6, 6.07) is 10.3. The SMILES string of the molecule is CC(=O)N1[C@H](Br)[C@@H]2C[C@H]1[C@H]1C(c3ccccc3)=NO[C@@H]21. The molecule has 4 nitrogen and oxygen atoms in total. The van der Waals surface area contributed by atoms with Gasteiger partial charge in [0, 0.05) is 18.9 Å². The standard InChI is InChI=1S/C15H15BrN2O2/c1-8(19)18-11-7-10(15(18)16)14-12(11)13(17-20-14)9-5-3-2-4-6-9/h2-6,10-12,14-15H,7H2,1H3/t10-,11+,12+,14+,15+/m1/s1. The molecule has 2 bridgehead atoms. The van der Waals surface area contributed by atoms with E-state index in [1.807, 2.05) is 23.1 Å².